The van der Waals surface area contributed by atoms with E-state index in [0.717, 1.165) is 11.3 Å². The van der Waals surface area contributed by atoms with Crippen LogP contribution in [0.5, 0.6) is 0 Å². The Hall–Kier alpha value is -2.57. The molecule has 1 N–H and O–H groups in total. The molecule has 0 spiro atoms. The molecule has 1 fully saturated rings. The Kier molecular flexibility index (Phi) is 5.44. The van der Waals surface area contributed by atoms with Crippen molar-refractivity contribution < 1.29 is 19.1 Å². The molecule has 3 rings (SSSR count). The highest BCUT2D eigenvalue weighted by Crippen LogP contribution is 2.27. The fraction of sp³-hybridized carbons (Fsp3) is 0.526. The topological polar surface area (TPSA) is 79.0 Å². The van der Waals surface area contributed by atoms with E-state index in [1.165, 1.54) is 0 Å². The second-order valence-corrected chi connectivity index (χ2v) is 6.73. The third-order valence-electron chi connectivity index (χ3n) is 5.04. The van der Waals surface area contributed by atoms with Crippen LogP contribution in [0.25, 0.3) is 0 Å². The van der Waals surface area contributed by atoms with Gasteiger partial charge >= 0.3 is 6.09 Å². The van der Waals surface area contributed by atoms with Crippen LogP contribution in [0.2, 0.25) is 0 Å². The first-order chi connectivity index (χ1) is 12.5. The van der Waals surface area contributed by atoms with Gasteiger partial charge in [-0.3, -0.25) is 9.59 Å². The molecule has 1 aromatic rings. The van der Waals surface area contributed by atoms with Crippen LogP contribution < -0.4 is 10.2 Å². The van der Waals surface area contributed by atoms with E-state index >= 15 is 0 Å². The third-order valence-corrected chi connectivity index (χ3v) is 5.04. The summed E-state index contributed by atoms with van der Waals surface area (Å²) in [6.07, 6.45) is 2.28. The number of benzene rings is 1. The summed E-state index contributed by atoms with van der Waals surface area (Å²) in [7, 11) is 1.76. The minimum absolute atomic E-state index is 0.0495. The average molecular weight is 359 g/mol. The number of carbonyl (C=O) groups excluding carboxylic acids is 3. The Morgan fingerprint density at radius 2 is 1.96 bits per heavy atom. The molecule has 0 aromatic heterocycles. The van der Waals surface area contributed by atoms with E-state index in [1.807, 2.05) is 12.1 Å². The molecule has 1 saturated heterocycles. The molecule has 0 bridgehead atoms. The van der Waals surface area contributed by atoms with E-state index in [1.54, 1.807) is 29.8 Å². The molecule has 2 heterocycles. The quantitative estimate of drug-likeness (QED) is 0.895. The normalized spacial score (nSPS) is 17.7. The average Bonchev–Trinajstić information content (AvgIpc) is 2.65. The minimum atomic E-state index is -0.286. The van der Waals surface area contributed by atoms with Gasteiger partial charge in [0.15, 0.2) is 0 Å². The Morgan fingerprint density at radius 3 is 2.65 bits per heavy atom. The van der Waals surface area contributed by atoms with Gasteiger partial charge in [0.05, 0.1) is 6.61 Å². The van der Waals surface area contributed by atoms with Gasteiger partial charge < -0.3 is 19.9 Å². The van der Waals surface area contributed by atoms with Crippen molar-refractivity contribution >= 4 is 23.6 Å². The predicted octanol–water partition coefficient (Wildman–Crippen LogP) is 1.95. The SMILES string of the molecule is CCOC(=O)N1CCC(NC(=O)c2ccc3c(c2)CCC(=O)N3C)CC1. The summed E-state index contributed by atoms with van der Waals surface area (Å²) in [5, 5.41) is 3.06. The summed E-state index contributed by atoms with van der Waals surface area (Å²) >= 11 is 0. The molecule has 7 heteroatoms. The molecule has 26 heavy (non-hydrogen) atoms. The predicted molar refractivity (Wildman–Crippen MR) is 97.3 cm³/mol. The van der Waals surface area contributed by atoms with Crippen molar-refractivity contribution in [2.75, 3.05) is 31.6 Å². The van der Waals surface area contributed by atoms with Crippen molar-refractivity contribution in [3.05, 3.63) is 29.3 Å². The number of hydrogen-bond donors (Lipinski definition) is 1. The first-order valence-electron chi connectivity index (χ1n) is 9.11. The number of carbonyl (C=O) groups is 3. The van der Waals surface area contributed by atoms with E-state index < -0.39 is 0 Å². The molecule has 2 aliphatic heterocycles. The lowest BCUT2D eigenvalue weighted by Crippen LogP contribution is -2.46. The number of piperidine rings is 1. The van der Waals surface area contributed by atoms with Crippen molar-refractivity contribution in [1.29, 1.82) is 0 Å². The van der Waals surface area contributed by atoms with E-state index in [0.29, 0.717) is 50.9 Å². The molecule has 0 saturated carbocycles. The second kappa shape index (κ2) is 7.76. The van der Waals surface area contributed by atoms with Gasteiger partial charge in [-0.25, -0.2) is 4.79 Å². The van der Waals surface area contributed by atoms with Gasteiger partial charge in [-0.15, -0.1) is 0 Å². The van der Waals surface area contributed by atoms with Gasteiger partial charge in [0, 0.05) is 43.9 Å². The maximum Gasteiger partial charge on any atom is 0.409 e. The summed E-state index contributed by atoms with van der Waals surface area (Å²) in [6.45, 7) is 3.33. The van der Waals surface area contributed by atoms with Gasteiger partial charge in [0.1, 0.15) is 0 Å². The molecule has 1 aromatic carbocycles. The summed E-state index contributed by atoms with van der Waals surface area (Å²) in [4.78, 5) is 39.4. The Labute approximate surface area is 153 Å². The highest BCUT2D eigenvalue weighted by Gasteiger charge is 2.26. The molecule has 7 nitrogen and oxygen atoms in total. The standard InChI is InChI=1S/C19H25N3O4/c1-3-26-19(25)22-10-8-15(9-11-22)20-18(24)14-4-6-16-13(12-14)5-7-17(23)21(16)2/h4,6,12,15H,3,5,7-11H2,1-2H3,(H,20,24). The van der Waals surface area contributed by atoms with Crippen molar-refractivity contribution in [1.82, 2.24) is 10.2 Å². The molecular formula is C19H25N3O4. The number of fused-ring (bicyclic) bond motifs is 1. The summed E-state index contributed by atoms with van der Waals surface area (Å²) in [5.74, 6) is -0.00926. The number of amides is 3. The van der Waals surface area contributed by atoms with Gasteiger partial charge in [-0.1, -0.05) is 0 Å². The monoisotopic (exact) mass is 359 g/mol. The number of rotatable bonds is 3. The fourth-order valence-electron chi connectivity index (χ4n) is 3.49. The molecule has 0 atom stereocenters. The summed E-state index contributed by atoms with van der Waals surface area (Å²) in [6, 6.07) is 5.52. The Balaban J connectivity index is 1.58. The number of likely N-dealkylation sites (tertiary alicyclic amines) is 1. The number of aryl methyl sites for hydroxylation is 1. The molecule has 140 valence electrons. The van der Waals surface area contributed by atoms with Crippen LogP contribution >= 0.6 is 0 Å². The number of hydrogen-bond acceptors (Lipinski definition) is 4. The largest absolute Gasteiger partial charge is 0.450 e. The van der Waals surface area contributed by atoms with Crippen molar-refractivity contribution in [3.63, 3.8) is 0 Å². The molecule has 0 radical (unpaired) electrons. The van der Waals surface area contributed by atoms with Crippen LogP contribution in [0.1, 0.15) is 42.1 Å². The zero-order valence-corrected chi connectivity index (χ0v) is 15.3. The van der Waals surface area contributed by atoms with Gasteiger partial charge in [0.25, 0.3) is 5.91 Å². The maximum atomic E-state index is 12.6. The Morgan fingerprint density at radius 1 is 1.23 bits per heavy atom. The van der Waals surface area contributed by atoms with Crippen molar-refractivity contribution in [2.45, 2.75) is 38.6 Å². The molecule has 3 amide bonds. The molecule has 0 unspecified atom stereocenters. The smallest absolute Gasteiger partial charge is 0.409 e. The van der Waals surface area contributed by atoms with E-state index in [2.05, 4.69) is 5.32 Å². The molecular weight excluding hydrogens is 334 g/mol. The zero-order valence-electron chi connectivity index (χ0n) is 15.3. The first kappa shape index (κ1) is 18.2. The molecule has 0 aliphatic carbocycles. The van der Waals surface area contributed by atoms with Crippen molar-refractivity contribution in [2.24, 2.45) is 0 Å². The molecule has 2 aliphatic rings. The number of nitrogens with zero attached hydrogens (tertiary/aromatic N) is 2. The van der Waals surface area contributed by atoms with E-state index in [4.69, 9.17) is 4.74 Å². The van der Waals surface area contributed by atoms with Gasteiger partial charge in [0.2, 0.25) is 5.91 Å². The highest BCUT2D eigenvalue weighted by molar-refractivity contribution is 5.99. The number of ether oxygens (including phenoxy) is 1. The van der Waals surface area contributed by atoms with Crippen molar-refractivity contribution in [3.8, 4) is 0 Å². The van der Waals surface area contributed by atoms with Crippen LogP contribution in [0.4, 0.5) is 10.5 Å². The lowest BCUT2D eigenvalue weighted by molar-refractivity contribution is -0.118. The van der Waals surface area contributed by atoms with Crippen LogP contribution in [0.15, 0.2) is 18.2 Å². The lowest BCUT2D eigenvalue weighted by atomic mass is 9.98. The van der Waals surface area contributed by atoms with Crippen LogP contribution in [-0.4, -0.2) is 55.6 Å². The van der Waals surface area contributed by atoms with Gasteiger partial charge in [-0.2, -0.15) is 0 Å². The van der Waals surface area contributed by atoms with E-state index in [-0.39, 0.29) is 23.9 Å². The lowest BCUT2D eigenvalue weighted by Gasteiger charge is -2.31. The third kappa shape index (κ3) is 3.81. The number of nitrogens with one attached hydrogen (secondary N) is 1. The fourth-order valence-corrected chi connectivity index (χ4v) is 3.49. The second-order valence-electron chi connectivity index (χ2n) is 6.73. The van der Waals surface area contributed by atoms with Crippen LogP contribution in [0.3, 0.4) is 0 Å². The van der Waals surface area contributed by atoms with Gasteiger partial charge in [-0.05, 0) is 49.9 Å². The highest BCUT2D eigenvalue weighted by atomic mass is 16.6. The number of anilines is 1. The van der Waals surface area contributed by atoms with E-state index in [9.17, 15) is 14.4 Å². The zero-order chi connectivity index (χ0) is 18.7. The summed E-state index contributed by atoms with van der Waals surface area (Å²) < 4.78 is 5.01. The summed E-state index contributed by atoms with van der Waals surface area (Å²) in [5.41, 5.74) is 2.51. The minimum Gasteiger partial charge on any atom is -0.450 e. The van der Waals surface area contributed by atoms with Crippen LogP contribution in [0, 0.1) is 0 Å². The van der Waals surface area contributed by atoms with Crippen LogP contribution in [-0.2, 0) is 16.0 Å². The maximum absolute atomic E-state index is 12.6. The Bertz CT molecular complexity index is 711. The first-order valence-corrected chi connectivity index (χ1v) is 9.11.